The monoisotopic (exact) mass is 357 g/mol. The van der Waals surface area contributed by atoms with E-state index in [-0.39, 0.29) is 0 Å². The third-order valence-electron chi connectivity index (χ3n) is 4.98. The van der Waals surface area contributed by atoms with Crippen molar-refractivity contribution in [3.63, 3.8) is 0 Å². The minimum absolute atomic E-state index is 0.733. The fraction of sp³-hybridized carbons (Fsp3) is 0.130. The molecule has 136 valence electrons. The van der Waals surface area contributed by atoms with Crippen molar-refractivity contribution in [2.24, 2.45) is 0 Å². The van der Waals surface area contributed by atoms with Gasteiger partial charge in [-0.2, -0.15) is 0 Å². The molecular weight excluding hydrogens is 334 g/mol. The van der Waals surface area contributed by atoms with Gasteiger partial charge in [-0.25, -0.2) is 0 Å². The summed E-state index contributed by atoms with van der Waals surface area (Å²) in [4.78, 5) is 0. The van der Waals surface area contributed by atoms with Crippen LogP contribution in [0.1, 0.15) is 6.92 Å². The number of fused-ring (bicyclic) bond motifs is 1. The summed E-state index contributed by atoms with van der Waals surface area (Å²) in [5.74, 6) is 0.840. The van der Waals surface area contributed by atoms with E-state index in [2.05, 4.69) is 41.8 Å². The lowest BCUT2D eigenvalue weighted by atomic mass is 10.0. The Morgan fingerprint density at radius 1 is 0.852 bits per heavy atom. The first kappa shape index (κ1) is 17.0. The van der Waals surface area contributed by atoms with Gasteiger partial charge in [-0.05, 0) is 54.4 Å². The summed E-state index contributed by atoms with van der Waals surface area (Å²) >= 11 is 0. The number of rotatable bonds is 4. The molecule has 0 saturated carbocycles. The van der Waals surface area contributed by atoms with Gasteiger partial charge in [-0.15, -0.1) is 0 Å². The number of hydrogen-bond acceptors (Lipinski definition) is 3. The molecule has 0 spiro atoms. The molecule has 4 N–H and O–H groups in total. The Bertz CT molecular complexity index is 1130. The Hall–Kier alpha value is -3.40. The van der Waals surface area contributed by atoms with E-state index in [0.29, 0.717) is 0 Å². The van der Waals surface area contributed by atoms with Crippen LogP contribution in [0.15, 0.2) is 66.7 Å². The first-order valence-electron chi connectivity index (χ1n) is 9.04. The van der Waals surface area contributed by atoms with Gasteiger partial charge in [-0.3, -0.25) is 0 Å². The average Bonchev–Trinajstić information content (AvgIpc) is 2.99. The van der Waals surface area contributed by atoms with Crippen molar-refractivity contribution < 1.29 is 4.74 Å². The number of nitrogen functional groups attached to an aromatic ring is 2. The van der Waals surface area contributed by atoms with Crippen LogP contribution in [0.2, 0.25) is 0 Å². The number of aryl methyl sites for hydroxylation is 1. The van der Waals surface area contributed by atoms with Crippen molar-refractivity contribution in [3.05, 3.63) is 66.7 Å². The third-order valence-corrected chi connectivity index (χ3v) is 4.98. The molecule has 1 heterocycles. The van der Waals surface area contributed by atoms with E-state index in [1.807, 2.05) is 36.4 Å². The van der Waals surface area contributed by atoms with Gasteiger partial charge in [0.1, 0.15) is 5.75 Å². The van der Waals surface area contributed by atoms with Gasteiger partial charge < -0.3 is 20.8 Å². The lowest BCUT2D eigenvalue weighted by molar-refractivity contribution is 0.415. The molecule has 0 aliphatic rings. The van der Waals surface area contributed by atoms with Gasteiger partial charge in [0.2, 0.25) is 0 Å². The smallest absolute Gasteiger partial charge is 0.119 e. The standard InChI is InChI=1S/C23H23N3O/c1-3-26-21-11-10-16(15-6-5-9-19(13-15)27-2)14-20(21)22(25)23(26)17-7-4-8-18(24)12-17/h4-14H,3,24-25H2,1-2H3. The molecule has 0 amide bonds. The molecule has 0 saturated heterocycles. The summed E-state index contributed by atoms with van der Waals surface area (Å²) in [6.07, 6.45) is 0. The molecule has 27 heavy (non-hydrogen) atoms. The fourth-order valence-corrected chi connectivity index (χ4v) is 3.69. The Morgan fingerprint density at radius 2 is 1.59 bits per heavy atom. The summed E-state index contributed by atoms with van der Waals surface area (Å²) in [6.45, 7) is 2.96. The van der Waals surface area contributed by atoms with Crippen molar-refractivity contribution in [1.29, 1.82) is 0 Å². The van der Waals surface area contributed by atoms with E-state index in [0.717, 1.165) is 57.0 Å². The van der Waals surface area contributed by atoms with Crippen LogP contribution in [0.3, 0.4) is 0 Å². The quantitative estimate of drug-likeness (QED) is 0.495. The predicted molar refractivity (Wildman–Crippen MR) is 114 cm³/mol. The zero-order valence-corrected chi connectivity index (χ0v) is 15.6. The maximum absolute atomic E-state index is 6.61. The molecule has 4 aromatic rings. The molecule has 0 fully saturated rings. The van der Waals surface area contributed by atoms with E-state index in [4.69, 9.17) is 16.2 Å². The second-order valence-electron chi connectivity index (χ2n) is 6.60. The largest absolute Gasteiger partial charge is 0.497 e. The maximum atomic E-state index is 6.61. The van der Waals surface area contributed by atoms with Gasteiger partial charge in [0.15, 0.2) is 0 Å². The molecule has 0 unspecified atom stereocenters. The average molecular weight is 357 g/mol. The predicted octanol–water partition coefficient (Wildman–Crippen LogP) is 5.17. The van der Waals surface area contributed by atoms with E-state index < -0.39 is 0 Å². The van der Waals surface area contributed by atoms with Crippen molar-refractivity contribution in [3.8, 4) is 28.1 Å². The van der Waals surface area contributed by atoms with Crippen LogP contribution < -0.4 is 16.2 Å². The summed E-state index contributed by atoms with van der Waals surface area (Å²) in [5.41, 5.74) is 19.5. The van der Waals surface area contributed by atoms with Crippen LogP contribution in [-0.4, -0.2) is 11.7 Å². The molecule has 3 aromatic carbocycles. The summed E-state index contributed by atoms with van der Waals surface area (Å²) in [5, 5.41) is 1.05. The van der Waals surface area contributed by atoms with Crippen molar-refractivity contribution in [1.82, 2.24) is 4.57 Å². The maximum Gasteiger partial charge on any atom is 0.119 e. The first-order valence-corrected chi connectivity index (χ1v) is 9.04. The Morgan fingerprint density at radius 3 is 2.33 bits per heavy atom. The van der Waals surface area contributed by atoms with Gasteiger partial charge in [-0.1, -0.05) is 30.3 Å². The number of nitrogens with zero attached hydrogens (tertiary/aromatic N) is 1. The third kappa shape index (κ3) is 2.89. The number of nitrogens with two attached hydrogens (primary N) is 2. The van der Waals surface area contributed by atoms with E-state index >= 15 is 0 Å². The number of methoxy groups -OCH3 is 1. The molecule has 1 aromatic heterocycles. The topological polar surface area (TPSA) is 66.2 Å². The Labute approximate surface area is 159 Å². The molecule has 0 atom stereocenters. The Kier molecular flexibility index (Phi) is 4.24. The van der Waals surface area contributed by atoms with E-state index in [1.54, 1.807) is 7.11 Å². The van der Waals surface area contributed by atoms with E-state index in [9.17, 15) is 0 Å². The summed E-state index contributed by atoms with van der Waals surface area (Å²) in [6, 6.07) is 22.4. The highest BCUT2D eigenvalue weighted by Crippen LogP contribution is 2.38. The molecule has 0 aliphatic carbocycles. The van der Waals surface area contributed by atoms with Gasteiger partial charge in [0.05, 0.1) is 24.0 Å². The Balaban J connectivity index is 1.93. The molecular formula is C23H23N3O. The van der Waals surface area contributed by atoms with Crippen LogP contribution in [0.4, 0.5) is 11.4 Å². The van der Waals surface area contributed by atoms with Crippen LogP contribution in [-0.2, 0) is 6.54 Å². The zero-order chi connectivity index (χ0) is 19.0. The van der Waals surface area contributed by atoms with Crippen LogP contribution in [0.5, 0.6) is 5.75 Å². The minimum atomic E-state index is 0.733. The van der Waals surface area contributed by atoms with Crippen LogP contribution >= 0.6 is 0 Å². The molecule has 0 aliphatic heterocycles. The summed E-state index contributed by atoms with van der Waals surface area (Å²) < 4.78 is 7.60. The van der Waals surface area contributed by atoms with Crippen molar-refractivity contribution >= 4 is 22.3 Å². The second kappa shape index (κ2) is 6.72. The number of aromatic nitrogens is 1. The number of anilines is 2. The molecule has 4 rings (SSSR count). The lowest BCUT2D eigenvalue weighted by Gasteiger charge is -2.09. The zero-order valence-electron chi connectivity index (χ0n) is 15.6. The number of hydrogen-bond donors (Lipinski definition) is 2. The summed E-state index contributed by atoms with van der Waals surface area (Å²) in [7, 11) is 1.68. The molecule has 0 bridgehead atoms. The van der Waals surface area contributed by atoms with Crippen LogP contribution in [0, 0.1) is 0 Å². The number of benzene rings is 3. The van der Waals surface area contributed by atoms with Crippen LogP contribution in [0.25, 0.3) is 33.3 Å². The SMILES string of the molecule is CCn1c(-c2cccc(N)c2)c(N)c2cc(-c3cccc(OC)c3)ccc21. The first-order chi connectivity index (χ1) is 13.1. The molecule has 4 heteroatoms. The fourth-order valence-electron chi connectivity index (χ4n) is 3.69. The molecule has 4 nitrogen and oxygen atoms in total. The highest BCUT2D eigenvalue weighted by Gasteiger charge is 2.16. The molecule has 0 radical (unpaired) electrons. The number of ether oxygens (including phenoxy) is 1. The normalized spacial score (nSPS) is 11.0. The lowest BCUT2D eigenvalue weighted by Crippen LogP contribution is -1.99. The highest BCUT2D eigenvalue weighted by atomic mass is 16.5. The van der Waals surface area contributed by atoms with Gasteiger partial charge in [0.25, 0.3) is 0 Å². The van der Waals surface area contributed by atoms with Gasteiger partial charge in [0, 0.05) is 23.2 Å². The van der Waals surface area contributed by atoms with Gasteiger partial charge >= 0.3 is 0 Å². The van der Waals surface area contributed by atoms with E-state index in [1.165, 1.54) is 0 Å². The van der Waals surface area contributed by atoms with Crippen molar-refractivity contribution in [2.45, 2.75) is 13.5 Å². The second-order valence-corrected chi connectivity index (χ2v) is 6.60. The minimum Gasteiger partial charge on any atom is -0.497 e. The van der Waals surface area contributed by atoms with Crippen molar-refractivity contribution in [2.75, 3.05) is 18.6 Å². The highest BCUT2D eigenvalue weighted by molar-refractivity contribution is 6.03.